The largest absolute Gasteiger partial charge is 0.490 e. The van der Waals surface area contributed by atoms with Gasteiger partial charge in [-0.3, -0.25) is 4.68 Å². The van der Waals surface area contributed by atoms with Gasteiger partial charge in [0, 0.05) is 18.3 Å². The van der Waals surface area contributed by atoms with Crippen LogP contribution in [0, 0.1) is 6.92 Å². The molecule has 1 aromatic heterocycles. The lowest BCUT2D eigenvalue weighted by Gasteiger charge is -2.17. The molecular formula is C16H21N3O. The number of nitrogens with zero attached hydrogens (tertiary/aromatic N) is 2. The Morgan fingerprint density at radius 2 is 2.00 bits per heavy atom. The second-order valence-electron chi connectivity index (χ2n) is 5.42. The van der Waals surface area contributed by atoms with Crippen LogP contribution in [0.1, 0.15) is 35.7 Å². The molecule has 2 aromatic rings. The molecular weight excluding hydrogens is 250 g/mol. The highest BCUT2D eigenvalue weighted by Gasteiger charge is 2.23. The molecule has 0 aliphatic heterocycles. The highest BCUT2D eigenvalue weighted by atomic mass is 16.5. The normalized spacial score (nSPS) is 16.1. The lowest BCUT2D eigenvalue weighted by molar-refractivity contribution is 0.303. The van der Waals surface area contributed by atoms with Crippen molar-refractivity contribution in [3.8, 4) is 5.75 Å². The van der Waals surface area contributed by atoms with Crippen LogP contribution in [-0.4, -0.2) is 22.9 Å². The molecule has 1 aromatic carbocycles. The number of nitrogens with one attached hydrogen (secondary N) is 1. The second-order valence-corrected chi connectivity index (χ2v) is 5.42. The standard InChI is InChI=1S/C16H21N3O/c1-11-15(10-18-19(11)3)16(17-2)12-4-6-13(7-5-12)20-14-8-9-14/h4-7,10,14,16-17H,8-9H2,1-3H3. The smallest absolute Gasteiger partial charge is 0.119 e. The first-order chi connectivity index (χ1) is 9.69. The molecule has 0 amide bonds. The first-order valence-corrected chi connectivity index (χ1v) is 7.11. The summed E-state index contributed by atoms with van der Waals surface area (Å²) in [6.45, 7) is 2.09. The molecule has 20 heavy (non-hydrogen) atoms. The van der Waals surface area contributed by atoms with E-state index in [0.29, 0.717) is 6.10 Å². The lowest BCUT2D eigenvalue weighted by atomic mass is 9.99. The van der Waals surface area contributed by atoms with Crippen LogP contribution in [0.5, 0.6) is 5.75 Å². The summed E-state index contributed by atoms with van der Waals surface area (Å²) in [6, 6.07) is 8.54. The van der Waals surface area contributed by atoms with Crippen molar-refractivity contribution in [2.75, 3.05) is 7.05 Å². The van der Waals surface area contributed by atoms with E-state index in [1.54, 1.807) is 0 Å². The molecule has 1 fully saturated rings. The molecule has 4 heteroatoms. The van der Waals surface area contributed by atoms with Gasteiger partial charge in [0.15, 0.2) is 0 Å². The maximum atomic E-state index is 5.79. The molecule has 1 atom stereocenters. The molecule has 1 heterocycles. The molecule has 1 aliphatic carbocycles. The van der Waals surface area contributed by atoms with Crippen molar-refractivity contribution >= 4 is 0 Å². The summed E-state index contributed by atoms with van der Waals surface area (Å²) in [5, 5.41) is 7.69. The molecule has 0 saturated heterocycles. The number of aromatic nitrogens is 2. The molecule has 4 nitrogen and oxygen atoms in total. The Morgan fingerprint density at radius 1 is 1.30 bits per heavy atom. The van der Waals surface area contributed by atoms with E-state index >= 15 is 0 Å². The van der Waals surface area contributed by atoms with Crippen molar-refractivity contribution < 1.29 is 4.74 Å². The van der Waals surface area contributed by atoms with Crippen molar-refractivity contribution in [3.63, 3.8) is 0 Å². The molecule has 1 N–H and O–H groups in total. The molecule has 0 bridgehead atoms. The zero-order valence-electron chi connectivity index (χ0n) is 12.3. The Bertz CT molecular complexity index is 584. The fourth-order valence-corrected chi connectivity index (χ4v) is 2.42. The zero-order valence-corrected chi connectivity index (χ0v) is 12.3. The number of rotatable bonds is 5. The van der Waals surface area contributed by atoms with Crippen molar-refractivity contribution in [1.29, 1.82) is 0 Å². The van der Waals surface area contributed by atoms with Gasteiger partial charge in [0.2, 0.25) is 0 Å². The van der Waals surface area contributed by atoms with Crippen LogP contribution in [0.2, 0.25) is 0 Å². The van der Waals surface area contributed by atoms with Crippen molar-refractivity contribution in [1.82, 2.24) is 15.1 Å². The average molecular weight is 271 g/mol. The van der Waals surface area contributed by atoms with Gasteiger partial charge in [0.05, 0.1) is 18.3 Å². The molecule has 1 aliphatic rings. The number of benzene rings is 1. The van der Waals surface area contributed by atoms with Crippen LogP contribution in [-0.2, 0) is 7.05 Å². The van der Waals surface area contributed by atoms with Crippen LogP contribution < -0.4 is 10.1 Å². The second kappa shape index (κ2) is 5.29. The van der Waals surface area contributed by atoms with E-state index in [1.165, 1.54) is 29.7 Å². The van der Waals surface area contributed by atoms with Gasteiger partial charge in [0.1, 0.15) is 5.75 Å². The summed E-state index contributed by atoms with van der Waals surface area (Å²) >= 11 is 0. The summed E-state index contributed by atoms with van der Waals surface area (Å²) in [7, 11) is 3.95. The molecule has 0 radical (unpaired) electrons. The Morgan fingerprint density at radius 3 is 2.50 bits per heavy atom. The van der Waals surface area contributed by atoms with Crippen LogP contribution in [0.15, 0.2) is 30.5 Å². The molecule has 3 rings (SSSR count). The fraction of sp³-hybridized carbons (Fsp3) is 0.438. The number of ether oxygens (including phenoxy) is 1. The predicted molar refractivity (Wildman–Crippen MR) is 78.9 cm³/mol. The third-order valence-corrected chi connectivity index (χ3v) is 3.91. The van der Waals surface area contributed by atoms with E-state index in [-0.39, 0.29) is 6.04 Å². The van der Waals surface area contributed by atoms with Gasteiger partial charge < -0.3 is 10.1 Å². The van der Waals surface area contributed by atoms with E-state index in [0.717, 1.165) is 5.75 Å². The van der Waals surface area contributed by atoms with Crippen LogP contribution in [0.25, 0.3) is 0 Å². The van der Waals surface area contributed by atoms with E-state index in [4.69, 9.17) is 4.74 Å². The summed E-state index contributed by atoms with van der Waals surface area (Å²) in [5.41, 5.74) is 3.63. The molecule has 1 saturated carbocycles. The van der Waals surface area contributed by atoms with E-state index in [2.05, 4.69) is 41.6 Å². The maximum Gasteiger partial charge on any atom is 0.119 e. The monoisotopic (exact) mass is 271 g/mol. The predicted octanol–water partition coefficient (Wildman–Crippen LogP) is 2.58. The van der Waals surface area contributed by atoms with Crippen LogP contribution in [0.3, 0.4) is 0 Å². The van der Waals surface area contributed by atoms with Crippen molar-refractivity contribution in [3.05, 3.63) is 47.3 Å². The van der Waals surface area contributed by atoms with Crippen LogP contribution in [0.4, 0.5) is 0 Å². The van der Waals surface area contributed by atoms with Gasteiger partial charge in [-0.25, -0.2) is 0 Å². The van der Waals surface area contributed by atoms with Gasteiger partial charge in [0.25, 0.3) is 0 Å². The summed E-state index contributed by atoms with van der Waals surface area (Å²) in [4.78, 5) is 0. The van der Waals surface area contributed by atoms with Crippen molar-refractivity contribution in [2.24, 2.45) is 7.05 Å². The molecule has 106 valence electrons. The average Bonchev–Trinajstić information content (AvgIpc) is 3.22. The summed E-state index contributed by atoms with van der Waals surface area (Å²) < 4.78 is 7.70. The molecule has 0 spiro atoms. The van der Waals surface area contributed by atoms with Gasteiger partial charge in [-0.1, -0.05) is 12.1 Å². The van der Waals surface area contributed by atoms with E-state index in [1.807, 2.05) is 25.0 Å². The van der Waals surface area contributed by atoms with Crippen molar-refractivity contribution in [2.45, 2.75) is 31.9 Å². The number of hydrogen-bond donors (Lipinski definition) is 1. The zero-order chi connectivity index (χ0) is 14.1. The van der Waals surface area contributed by atoms with Gasteiger partial charge in [-0.05, 0) is 44.5 Å². The minimum absolute atomic E-state index is 0.165. The third kappa shape index (κ3) is 2.56. The van der Waals surface area contributed by atoms with Gasteiger partial charge in [-0.15, -0.1) is 0 Å². The third-order valence-electron chi connectivity index (χ3n) is 3.91. The highest BCUT2D eigenvalue weighted by molar-refractivity contribution is 5.36. The summed E-state index contributed by atoms with van der Waals surface area (Å²) in [6.07, 6.45) is 4.76. The first kappa shape index (κ1) is 13.2. The fourth-order valence-electron chi connectivity index (χ4n) is 2.42. The minimum atomic E-state index is 0.165. The van der Waals surface area contributed by atoms with Gasteiger partial charge >= 0.3 is 0 Å². The quantitative estimate of drug-likeness (QED) is 0.908. The Hall–Kier alpha value is -1.81. The Kier molecular flexibility index (Phi) is 3.49. The number of aryl methyl sites for hydroxylation is 1. The number of hydrogen-bond acceptors (Lipinski definition) is 3. The maximum absolute atomic E-state index is 5.79. The van der Waals surface area contributed by atoms with Gasteiger partial charge in [-0.2, -0.15) is 5.10 Å². The summed E-state index contributed by atoms with van der Waals surface area (Å²) in [5.74, 6) is 0.967. The minimum Gasteiger partial charge on any atom is -0.490 e. The molecule has 1 unspecified atom stereocenters. The highest BCUT2D eigenvalue weighted by Crippen LogP contribution is 2.29. The first-order valence-electron chi connectivity index (χ1n) is 7.11. The lowest BCUT2D eigenvalue weighted by Crippen LogP contribution is -2.18. The van der Waals surface area contributed by atoms with E-state index in [9.17, 15) is 0 Å². The Balaban J connectivity index is 1.83. The van der Waals surface area contributed by atoms with E-state index < -0.39 is 0 Å². The SMILES string of the molecule is CNC(c1ccc(OC2CC2)cc1)c1cnn(C)c1C. The van der Waals surface area contributed by atoms with Crippen LogP contribution >= 0.6 is 0 Å². The Labute approximate surface area is 119 Å². The topological polar surface area (TPSA) is 39.1 Å².